The molecule has 0 atom stereocenters. The number of aromatic nitrogens is 2. The van der Waals surface area contributed by atoms with E-state index in [4.69, 9.17) is 0 Å². The Kier molecular flexibility index (Phi) is 5.79. The van der Waals surface area contributed by atoms with Gasteiger partial charge in [0.1, 0.15) is 0 Å². The summed E-state index contributed by atoms with van der Waals surface area (Å²) in [5.74, 6) is -2.89. The molecule has 0 aliphatic carbocycles. The highest BCUT2D eigenvalue weighted by Gasteiger charge is 2.26. The summed E-state index contributed by atoms with van der Waals surface area (Å²) in [6.45, 7) is 0. The Morgan fingerprint density at radius 2 is 1.73 bits per heavy atom. The number of hydrogen-bond acceptors (Lipinski definition) is 4. The second-order valence-electron chi connectivity index (χ2n) is 5.29. The molecule has 0 aliphatic heterocycles. The van der Waals surface area contributed by atoms with Crippen LogP contribution in [0.2, 0.25) is 0 Å². The van der Waals surface area contributed by atoms with Gasteiger partial charge in [0, 0.05) is 28.3 Å². The van der Waals surface area contributed by atoms with E-state index in [1.165, 1.54) is 36.0 Å². The Hall–Kier alpha value is -1.71. The van der Waals surface area contributed by atoms with Crippen LogP contribution in [0.15, 0.2) is 75.4 Å². The molecular formula is C17H13BrF2N2O2S2. The predicted octanol–water partition coefficient (Wildman–Crippen LogP) is 4.92. The first kappa shape index (κ1) is 19.1. The van der Waals surface area contributed by atoms with Crippen molar-refractivity contribution in [3.8, 4) is 5.69 Å². The summed E-state index contributed by atoms with van der Waals surface area (Å²) in [5, 5.41) is 0.775. The molecule has 1 aromatic heterocycles. The number of thioether (sulfide) groups is 1. The van der Waals surface area contributed by atoms with Crippen LogP contribution in [0.25, 0.3) is 5.69 Å². The zero-order valence-electron chi connectivity index (χ0n) is 13.2. The molecule has 0 spiro atoms. The van der Waals surface area contributed by atoms with E-state index in [9.17, 15) is 17.2 Å². The van der Waals surface area contributed by atoms with Crippen LogP contribution in [0, 0.1) is 0 Å². The Balaban J connectivity index is 1.73. The molecule has 0 fully saturated rings. The Morgan fingerprint density at radius 1 is 1.08 bits per heavy atom. The number of rotatable bonds is 6. The van der Waals surface area contributed by atoms with Crippen molar-refractivity contribution in [1.29, 1.82) is 0 Å². The minimum Gasteiger partial charge on any atom is -0.295 e. The molecule has 0 radical (unpaired) electrons. The third-order valence-corrected chi connectivity index (χ3v) is 6.53. The molecule has 0 N–H and O–H groups in total. The van der Waals surface area contributed by atoms with Crippen molar-refractivity contribution >= 4 is 37.5 Å². The minimum absolute atomic E-state index is 0.377. The Morgan fingerprint density at radius 3 is 2.35 bits per heavy atom. The largest absolute Gasteiger partial charge is 0.341 e. The molecule has 9 heteroatoms. The van der Waals surface area contributed by atoms with Gasteiger partial charge in [0.25, 0.3) is 0 Å². The van der Waals surface area contributed by atoms with E-state index in [-0.39, 0.29) is 4.90 Å². The summed E-state index contributed by atoms with van der Waals surface area (Å²) in [4.78, 5) is 3.95. The number of hydrogen-bond donors (Lipinski definition) is 0. The van der Waals surface area contributed by atoms with Crippen LogP contribution in [0.4, 0.5) is 8.78 Å². The van der Waals surface area contributed by atoms with Crippen LogP contribution in [-0.4, -0.2) is 23.7 Å². The Labute approximate surface area is 162 Å². The zero-order valence-corrected chi connectivity index (χ0v) is 16.4. The average molecular weight is 459 g/mol. The predicted molar refractivity (Wildman–Crippen MR) is 100 cm³/mol. The van der Waals surface area contributed by atoms with Gasteiger partial charge in [-0.05, 0) is 42.0 Å². The van der Waals surface area contributed by atoms with Crippen molar-refractivity contribution in [3.63, 3.8) is 0 Å². The van der Waals surface area contributed by atoms with Gasteiger partial charge in [-0.15, -0.1) is 0 Å². The summed E-state index contributed by atoms with van der Waals surface area (Å²) in [6.07, 6.45) is 3.55. The van der Waals surface area contributed by atoms with E-state index in [2.05, 4.69) is 20.9 Å². The minimum atomic E-state index is -4.56. The van der Waals surface area contributed by atoms with E-state index in [0.717, 1.165) is 20.9 Å². The van der Waals surface area contributed by atoms with Gasteiger partial charge in [0.05, 0.1) is 4.90 Å². The van der Waals surface area contributed by atoms with E-state index in [1.807, 2.05) is 35.0 Å². The molecule has 0 saturated heterocycles. The van der Waals surface area contributed by atoms with Gasteiger partial charge in [-0.25, -0.2) is 13.4 Å². The number of alkyl halides is 2. The molecule has 3 rings (SSSR count). The van der Waals surface area contributed by atoms with Crippen LogP contribution < -0.4 is 0 Å². The van der Waals surface area contributed by atoms with Crippen molar-refractivity contribution in [2.24, 2.45) is 0 Å². The molecule has 0 saturated carbocycles. The average Bonchev–Trinajstić information content (AvgIpc) is 3.09. The maximum Gasteiger partial charge on any atom is 0.341 e. The summed E-state index contributed by atoms with van der Waals surface area (Å²) >= 11 is 4.87. The summed E-state index contributed by atoms with van der Waals surface area (Å²) in [6, 6.07) is 13.3. The highest BCUT2D eigenvalue weighted by Crippen LogP contribution is 2.26. The highest BCUT2D eigenvalue weighted by molar-refractivity contribution is 9.10. The summed E-state index contributed by atoms with van der Waals surface area (Å²) in [7, 11) is -4.56. The van der Waals surface area contributed by atoms with Gasteiger partial charge in [-0.3, -0.25) is 4.57 Å². The maximum atomic E-state index is 12.6. The maximum absolute atomic E-state index is 12.6. The molecule has 3 aromatic rings. The lowest BCUT2D eigenvalue weighted by molar-refractivity contribution is 0.234. The van der Waals surface area contributed by atoms with Gasteiger partial charge in [0.2, 0.25) is 9.84 Å². The molecule has 26 heavy (non-hydrogen) atoms. The van der Waals surface area contributed by atoms with Crippen LogP contribution in [-0.2, 0) is 15.6 Å². The van der Waals surface area contributed by atoms with Crippen LogP contribution >= 0.6 is 27.7 Å². The standard InChI is InChI=1S/C17H13BrF2N2O2S2/c18-13-3-5-14(6-4-13)22-10-9-21-17(22)25-11-12-1-7-15(8-2-12)26(23,24)16(19)20/h1-10,16H,11H2. The van der Waals surface area contributed by atoms with Crippen molar-refractivity contribution < 1.29 is 17.2 Å². The molecule has 1 heterocycles. The summed E-state index contributed by atoms with van der Waals surface area (Å²) in [5.41, 5.74) is 1.78. The fraction of sp³-hybridized carbons (Fsp3) is 0.118. The second-order valence-corrected chi connectivity index (χ2v) is 9.07. The van der Waals surface area contributed by atoms with Crippen molar-refractivity contribution in [1.82, 2.24) is 9.55 Å². The topological polar surface area (TPSA) is 52.0 Å². The lowest BCUT2D eigenvalue weighted by Crippen LogP contribution is -2.11. The normalized spacial score (nSPS) is 11.8. The SMILES string of the molecule is O=S(=O)(c1ccc(CSc2nccn2-c2ccc(Br)cc2)cc1)C(F)F. The van der Waals surface area contributed by atoms with E-state index in [0.29, 0.717) is 5.75 Å². The number of benzene rings is 2. The quantitative estimate of drug-likeness (QED) is 0.491. The highest BCUT2D eigenvalue weighted by atomic mass is 79.9. The molecule has 136 valence electrons. The molecule has 0 bridgehead atoms. The van der Waals surface area contributed by atoms with Gasteiger partial charge in [-0.1, -0.05) is 39.8 Å². The van der Waals surface area contributed by atoms with Gasteiger partial charge >= 0.3 is 5.76 Å². The third kappa shape index (κ3) is 4.16. The molecule has 2 aromatic carbocycles. The number of sulfone groups is 1. The molecule has 0 unspecified atom stereocenters. The molecule has 0 amide bonds. The first-order valence-electron chi connectivity index (χ1n) is 7.41. The smallest absolute Gasteiger partial charge is 0.295 e. The number of halogens is 3. The molecule has 0 aliphatic rings. The monoisotopic (exact) mass is 458 g/mol. The van der Waals surface area contributed by atoms with Gasteiger partial charge < -0.3 is 0 Å². The van der Waals surface area contributed by atoms with E-state index < -0.39 is 15.6 Å². The molecular weight excluding hydrogens is 446 g/mol. The van der Waals surface area contributed by atoms with Crippen LogP contribution in [0.5, 0.6) is 0 Å². The first-order chi connectivity index (χ1) is 12.4. The Bertz CT molecular complexity index is 988. The first-order valence-corrected chi connectivity index (χ1v) is 10.7. The lowest BCUT2D eigenvalue weighted by atomic mass is 10.2. The fourth-order valence-corrected chi connectivity index (χ4v) is 4.14. The van der Waals surface area contributed by atoms with Crippen LogP contribution in [0.3, 0.4) is 0 Å². The third-order valence-electron chi connectivity index (χ3n) is 3.57. The van der Waals surface area contributed by atoms with E-state index >= 15 is 0 Å². The fourth-order valence-electron chi connectivity index (χ4n) is 2.22. The zero-order chi connectivity index (χ0) is 18.7. The van der Waals surface area contributed by atoms with Gasteiger partial charge in [-0.2, -0.15) is 8.78 Å². The van der Waals surface area contributed by atoms with Crippen molar-refractivity contribution in [2.45, 2.75) is 21.6 Å². The molecule has 4 nitrogen and oxygen atoms in total. The second kappa shape index (κ2) is 7.89. The lowest BCUT2D eigenvalue weighted by Gasteiger charge is -2.08. The van der Waals surface area contributed by atoms with Crippen molar-refractivity contribution in [3.05, 3.63) is 71.0 Å². The number of nitrogens with zero attached hydrogens (tertiary/aromatic N) is 2. The van der Waals surface area contributed by atoms with Crippen LogP contribution in [0.1, 0.15) is 5.56 Å². The van der Waals surface area contributed by atoms with Gasteiger partial charge in [0.15, 0.2) is 5.16 Å². The van der Waals surface area contributed by atoms with Crippen molar-refractivity contribution in [2.75, 3.05) is 0 Å². The van der Waals surface area contributed by atoms with E-state index in [1.54, 1.807) is 6.20 Å². The summed E-state index contributed by atoms with van der Waals surface area (Å²) < 4.78 is 50.9. The number of imidazole rings is 1.